The number of aromatic nitrogens is 2. The fourth-order valence-corrected chi connectivity index (χ4v) is 6.85. The van der Waals surface area contributed by atoms with Crippen LogP contribution in [0.25, 0.3) is 39.0 Å². The average molecular weight is 481 g/mol. The lowest BCUT2D eigenvalue weighted by Gasteiger charge is -2.32. The van der Waals surface area contributed by atoms with Gasteiger partial charge in [0.25, 0.3) is 0 Å². The van der Waals surface area contributed by atoms with Gasteiger partial charge < -0.3 is 0 Å². The molecule has 5 aromatic rings. The maximum absolute atomic E-state index is 4.67. The molecule has 7 rings (SSSR count). The van der Waals surface area contributed by atoms with Crippen LogP contribution in [0.2, 0.25) is 0 Å². The van der Waals surface area contributed by atoms with Gasteiger partial charge in [-0.3, -0.25) is 0 Å². The summed E-state index contributed by atoms with van der Waals surface area (Å²) in [6.45, 7) is 9.19. The van der Waals surface area contributed by atoms with E-state index in [0.717, 1.165) is 25.0 Å². The zero-order chi connectivity index (χ0) is 25.1. The predicted octanol–water partition coefficient (Wildman–Crippen LogP) is 7.51. The van der Waals surface area contributed by atoms with Gasteiger partial charge >= 0.3 is 0 Å². The van der Waals surface area contributed by atoms with Crippen LogP contribution in [0.1, 0.15) is 47.1 Å². The molecule has 0 amide bonds. The number of hydrogen-bond acceptors (Lipinski definition) is 0. The van der Waals surface area contributed by atoms with Gasteiger partial charge in [-0.05, 0) is 74.0 Å². The van der Waals surface area contributed by atoms with Gasteiger partial charge in [-0.1, -0.05) is 54.1 Å². The van der Waals surface area contributed by atoms with Crippen molar-refractivity contribution in [2.24, 2.45) is 0 Å². The van der Waals surface area contributed by atoms with Crippen LogP contribution in [0.3, 0.4) is 0 Å². The number of rotatable bonds is 0. The molecule has 2 aliphatic rings. The summed E-state index contributed by atoms with van der Waals surface area (Å²) in [7, 11) is 0. The first-order valence-electron chi connectivity index (χ1n) is 13.4. The lowest BCUT2D eigenvalue weighted by Crippen LogP contribution is -2.50. The monoisotopic (exact) mass is 480 g/mol. The third kappa shape index (κ3) is 3.47. The Morgan fingerprint density at radius 1 is 0.838 bits per heavy atom. The van der Waals surface area contributed by atoms with Crippen molar-refractivity contribution in [2.75, 3.05) is 0 Å². The molecule has 2 unspecified atom stereocenters. The zero-order valence-corrected chi connectivity index (χ0v) is 21.6. The normalized spacial score (nSPS) is 18.3. The summed E-state index contributed by atoms with van der Waals surface area (Å²) < 4.78 is 4.92. The quantitative estimate of drug-likeness (QED) is 0.203. The van der Waals surface area contributed by atoms with E-state index in [-0.39, 0.29) is 0 Å². The SMILES string of the molecule is C=C1CC2C(CCc3ccccc3-c3cccc[n+]31)c1ccc(C)cc1-c1c(C)c3ccccc3c[n+]12. The van der Waals surface area contributed by atoms with E-state index in [1.54, 1.807) is 0 Å². The van der Waals surface area contributed by atoms with Crippen LogP contribution in [0.15, 0.2) is 104 Å². The van der Waals surface area contributed by atoms with E-state index < -0.39 is 0 Å². The highest BCUT2D eigenvalue weighted by molar-refractivity contribution is 5.88. The molecular weight excluding hydrogens is 448 g/mol. The minimum atomic E-state index is 0.298. The lowest BCUT2D eigenvalue weighted by atomic mass is 9.76. The second-order valence-electron chi connectivity index (χ2n) is 10.8. The third-order valence-corrected chi connectivity index (χ3v) is 8.60. The number of aryl methyl sites for hydroxylation is 3. The molecule has 4 heterocycles. The van der Waals surface area contributed by atoms with Crippen molar-refractivity contribution in [3.8, 4) is 22.5 Å². The molecule has 3 aromatic carbocycles. The first-order valence-corrected chi connectivity index (χ1v) is 13.4. The van der Waals surface area contributed by atoms with Crippen LogP contribution >= 0.6 is 0 Å². The Balaban J connectivity index is 1.50. The maximum atomic E-state index is 4.67. The van der Waals surface area contributed by atoms with Crippen molar-refractivity contribution in [1.29, 1.82) is 0 Å². The van der Waals surface area contributed by atoms with E-state index in [4.69, 9.17) is 0 Å². The summed E-state index contributed by atoms with van der Waals surface area (Å²) in [6, 6.07) is 31.7. The second-order valence-corrected chi connectivity index (χ2v) is 10.8. The molecular formula is C35H32N2+2. The molecule has 0 aliphatic carbocycles. The molecule has 0 N–H and O–H groups in total. The zero-order valence-electron chi connectivity index (χ0n) is 21.6. The van der Waals surface area contributed by atoms with Crippen LogP contribution in [0, 0.1) is 13.8 Å². The van der Waals surface area contributed by atoms with Crippen molar-refractivity contribution in [3.05, 3.63) is 126 Å². The molecule has 37 heavy (non-hydrogen) atoms. The molecule has 2 atom stereocenters. The van der Waals surface area contributed by atoms with Crippen molar-refractivity contribution in [2.45, 2.75) is 45.1 Å². The molecule has 0 saturated heterocycles. The number of allylic oxidation sites excluding steroid dienone is 1. The smallest absolute Gasteiger partial charge is 0.194 e. The minimum Gasteiger partial charge on any atom is -0.194 e. The van der Waals surface area contributed by atoms with Crippen molar-refractivity contribution in [1.82, 2.24) is 0 Å². The van der Waals surface area contributed by atoms with Crippen LogP contribution < -0.4 is 9.13 Å². The fourth-order valence-electron chi connectivity index (χ4n) is 6.85. The van der Waals surface area contributed by atoms with Gasteiger partial charge in [0, 0.05) is 34.6 Å². The molecule has 0 fully saturated rings. The van der Waals surface area contributed by atoms with E-state index >= 15 is 0 Å². The molecule has 0 bridgehead atoms. The Labute approximate surface area is 219 Å². The largest absolute Gasteiger partial charge is 0.218 e. The van der Waals surface area contributed by atoms with Gasteiger partial charge in [0.2, 0.25) is 11.4 Å². The summed E-state index contributed by atoms with van der Waals surface area (Å²) >= 11 is 0. The Bertz CT molecular complexity index is 1710. The minimum absolute atomic E-state index is 0.298. The molecule has 0 radical (unpaired) electrons. The summed E-state index contributed by atoms with van der Waals surface area (Å²) in [5.74, 6) is 0.407. The molecule has 2 aliphatic heterocycles. The third-order valence-electron chi connectivity index (χ3n) is 8.60. The first-order chi connectivity index (χ1) is 18.1. The number of pyridine rings is 2. The van der Waals surface area contributed by atoms with Gasteiger partial charge in [-0.15, -0.1) is 0 Å². The molecule has 180 valence electrons. The number of fused-ring (bicyclic) bond motifs is 10. The Morgan fingerprint density at radius 2 is 1.65 bits per heavy atom. The van der Waals surface area contributed by atoms with Crippen molar-refractivity contribution < 1.29 is 9.13 Å². The van der Waals surface area contributed by atoms with Gasteiger partial charge in [-0.2, -0.15) is 9.13 Å². The van der Waals surface area contributed by atoms with Crippen molar-refractivity contribution >= 4 is 16.5 Å². The highest BCUT2D eigenvalue weighted by Gasteiger charge is 2.43. The molecule has 0 spiro atoms. The van der Waals surface area contributed by atoms with E-state index in [2.05, 4.69) is 127 Å². The predicted molar refractivity (Wildman–Crippen MR) is 151 cm³/mol. The van der Waals surface area contributed by atoms with Gasteiger partial charge in [-0.25, -0.2) is 0 Å². The summed E-state index contributed by atoms with van der Waals surface area (Å²) in [4.78, 5) is 0. The first kappa shape index (κ1) is 22.2. The van der Waals surface area contributed by atoms with Crippen LogP contribution in [-0.2, 0) is 6.42 Å². The maximum Gasteiger partial charge on any atom is 0.218 e. The number of hydrogen-bond donors (Lipinski definition) is 0. The second kappa shape index (κ2) is 8.52. The summed E-state index contributed by atoms with van der Waals surface area (Å²) in [6.07, 6.45) is 7.65. The number of benzene rings is 3. The molecule has 2 heteroatoms. The van der Waals surface area contributed by atoms with Gasteiger partial charge in [0.15, 0.2) is 24.1 Å². The van der Waals surface area contributed by atoms with Gasteiger partial charge in [0.1, 0.15) is 0 Å². The van der Waals surface area contributed by atoms with E-state index in [1.807, 2.05) is 0 Å². The van der Waals surface area contributed by atoms with Crippen LogP contribution in [0.4, 0.5) is 0 Å². The Hall–Kier alpha value is -4.04. The van der Waals surface area contributed by atoms with E-state index in [0.29, 0.717) is 12.0 Å². The Morgan fingerprint density at radius 3 is 2.57 bits per heavy atom. The molecule has 0 saturated carbocycles. The topological polar surface area (TPSA) is 7.76 Å². The molecule has 2 aromatic heterocycles. The van der Waals surface area contributed by atoms with Crippen LogP contribution in [-0.4, -0.2) is 0 Å². The average Bonchev–Trinajstić information content (AvgIpc) is 2.92. The van der Waals surface area contributed by atoms with E-state index in [9.17, 15) is 0 Å². The van der Waals surface area contributed by atoms with Gasteiger partial charge in [0.05, 0.1) is 12.0 Å². The standard InChI is InChI=1S/C35H32N2/c1-23-15-17-30-31-18-16-26-10-4-7-13-29(26)33-14-8-9-19-36(33)24(2)21-34(31)37-22-27-11-5-6-12-28(27)25(3)35(37)32(30)20-23/h4-15,17,19-20,22,31,34H,2,16,18,21H2,1,3H3/q+2. The highest BCUT2D eigenvalue weighted by Crippen LogP contribution is 2.46. The van der Waals surface area contributed by atoms with Crippen LogP contribution in [0.5, 0.6) is 0 Å². The van der Waals surface area contributed by atoms with E-state index in [1.165, 1.54) is 55.5 Å². The Kier molecular flexibility index (Phi) is 5.11. The highest BCUT2D eigenvalue weighted by atomic mass is 15.0. The molecule has 2 nitrogen and oxygen atoms in total. The summed E-state index contributed by atoms with van der Waals surface area (Å²) in [5, 5.41) is 2.65. The number of nitrogens with zero attached hydrogens (tertiary/aromatic N) is 2. The van der Waals surface area contributed by atoms with Crippen molar-refractivity contribution in [3.63, 3.8) is 0 Å². The lowest BCUT2D eigenvalue weighted by molar-refractivity contribution is -0.719. The summed E-state index contributed by atoms with van der Waals surface area (Å²) in [5.41, 5.74) is 12.0. The fraction of sp³-hybridized carbons (Fsp3) is 0.200.